The maximum atomic E-state index is 12.6. The lowest BCUT2D eigenvalue weighted by molar-refractivity contribution is -0.141. The van der Waals surface area contributed by atoms with Crippen molar-refractivity contribution in [3.05, 3.63) is 71.5 Å². The maximum Gasteiger partial charge on any atom is 0.435 e. The van der Waals surface area contributed by atoms with E-state index in [9.17, 15) is 23.1 Å². The molecular weight excluding hydrogens is 347 g/mol. The summed E-state index contributed by atoms with van der Waals surface area (Å²) in [5.41, 5.74) is 0.801. The molecule has 0 radical (unpaired) electrons. The van der Waals surface area contributed by atoms with Crippen LogP contribution in [0.5, 0.6) is 5.75 Å². The van der Waals surface area contributed by atoms with E-state index in [1.54, 1.807) is 12.1 Å². The molecule has 0 unspecified atom stereocenters. The Hall–Kier alpha value is -3.29. The number of benzene rings is 2. The number of amides is 1. The van der Waals surface area contributed by atoms with Crippen LogP contribution in [0.1, 0.15) is 21.6 Å². The standard InChI is InChI=1S/C18H14F3N3O2/c1-11-2-7-14(15(25)10-11)22-17(26)12-3-5-13(6-4-12)24-9-8-16(23-24)18(19,20)21/h2-10,25H,1H3,(H,22,26). The van der Waals surface area contributed by atoms with Crippen LogP contribution in [0.4, 0.5) is 18.9 Å². The van der Waals surface area contributed by atoms with Crippen molar-refractivity contribution in [3.8, 4) is 11.4 Å². The molecule has 5 nitrogen and oxygen atoms in total. The van der Waals surface area contributed by atoms with E-state index in [4.69, 9.17) is 0 Å². The third kappa shape index (κ3) is 3.69. The van der Waals surface area contributed by atoms with Crippen molar-refractivity contribution in [1.29, 1.82) is 0 Å². The molecule has 0 saturated carbocycles. The molecule has 3 aromatic rings. The number of aryl methyl sites for hydroxylation is 1. The molecule has 26 heavy (non-hydrogen) atoms. The van der Waals surface area contributed by atoms with E-state index in [2.05, 4.69) is 10.4 Å². The lowest BCUT2D eigenvalue weighted by atomic mass is 10.1. The fraction of sp³-hybridized carbons (Fsp3) is 0.111. The smallest absolute Gasteiger partial charge is 0.435 e. The second kappa shape index (κ2) is 6.55. The molecule has 0 bridgehead atoms. The van der Waals surface area contributed by atoms with E-state index in [1.807, 2.05) is 6.92 Å². The van der Waals surface area contributed by atoms with E-state index in [1.165, 1.54) is 36.5 Å². The summed E-state index contributed by atoms with van der Waals surface area (Å²) in [4.78, 5) is 12.2. The fourth-order valence-electron chi connectivity index (χ4n) is 2.33. The highest BCUT2D eigenvalue weighted by Gasteiger charge is 2.33. The molecule has 8 heteroatoms. The highest BCUT2D eigenvalue weighted by Crippen LogP contribution is 2.28. The molecule has 1 aromatic heterocycles. The van der Waals surface area contributed by atoms with Crippen LogP contribution in [0.3, 0.4) is 0 Å². The number of phenols is 1. The highest BCUT2D eigenvalue weighted by atomic mass is 19.4. The Labute approximate surface area is 146 Å². The van der Waals surface area contributed by atoms with Crippen molar-refractivity contribution in [2.75, 3.05) is 5.32 Å². The van der Waals surface area contributed by atoms with Gasteiger partial charge in [-0.3, -0.25) is 4.79 Å². The zero-order chi connectivity index (χ0) is 18.9. The van der Waals surface area contributed by atoms with Crippen LogP contribution in [0, 0.1) is 6.92 Å². The molecular formula is C18H14F3N3O2. The van der Waals surface area contributed by atoms with Gasteiger partial charge in [-0.25, -0.2) is 4.68 Å². The Bertz CT molecular complexity index is 947. The van der Waals surface area contributed by atoms with Gasteiger partial charge in [0.2, 0.25) is 0 Å². The summed E-state index contributed by atoms with van der Waals surface area (Å²) in [5, 5.41) is 15.9. The van der Waals surface area contributed by atoms with Crippen LogP contribution in [-0.2, 0) is 6.18 Å². The second-order valence-corrected chi connectivity index (χ2v) is 5.66. The molecule has 0 fully saturated rings. The van der Waals surface area contributed by atoms with Gasteiger partial charge in [0, 0.05) is 11.8 Å². The average molecular weight is 361 g/mol. The van der Waals surface area contributed by atoms with E-state index in [0.29, 0.717) is 5.69 Å². The average Bonchev–Trinajstić information content (AvgIpc) is 3.08. The van der Waals surface area contributed by atoms with Crippen LogP contribution in [0.25, 0.3) is 5.69 Å². The molecule has 0 aliphatic carbocycles. The second-order valence-electron chi connectivity index (χ2n) is 5.66. The number of hydrogen-bond donors (Lipinski definition) is 2. The van der Waals surface area contributed by atoms with Gasteiger partial charge in [0.15, 0.2) is 5.69 Å². The zero-order valence-electron chi connectivity index (χ0n) is 13.6. The van der Waals surface area contributed by atoms with Gasteiger partial charge in [-0.05, 0) is 55.0 Å². The number of phenolic OH excluding ortho intramolecular Hbond substituents is 1. The summed E-state index contributed by atoms with van der Waals surface area (Å²) in [7, 11) is 0. The van der Waals surface area contributed by atoms with Crippen LogP contribution in [-0.4, -0.2) is 20.8 Å². The summed E-state index contributed by atoms with van der Waals surface area (Å²) in [6.07, 6.45) is -3.32. The Morgan fingerprint density at radius 3 is 2.38 bits per heavy atom. The van der Waals surface area contributed by atoms with Gasteiger partial charge in [0.25, 0.3) is 5.91 Å². The quantitative estimate of drug-likeness (QED) is 0.689. The number of carbonyl (C=O) groups excluding carboxylic acids is 1. The summed E-state index contributed by atoms with van der Waals surface area (Å²) in [6.45, 7) is 1.81. The predicted molar refractivity (Wildman–Crippen MR) is 89.4 cm³/mol. The highest BCUT2D eigenvalue weighted by molar-refractivity contribution is 6.05. The number of alkyl halides is 3. The number of aromatic hydroxyl groups is 1. The third-order valence-corrected chi connectivity index (χ3v) is 3.67. The van der Waals surface area contributed by atoms with Gasteiger partial charge in [0.1, 0.15) is 5.75 Å². The van der Waals surface area contributed by atoms with E-state index >= 15 is 0 Å². The predicted octanol–water partition coefficient (Wildman–Crippen LogP) is 4.16. The normalized spacial score (nSPS) is 11.4. The van der Waals surface area contributed by atoms with Gasteiger partial charge < -0.3 is 10.4 Å². The van der Waals surface area contributed by atoms with Crippen molar-refractivity contribution in [1.82, 2.24) is 9.78 Å². The third-order valence-electron chi connectivity index (χ3n) is 3.67. The number of anilines is 1. The molecule has 2 N–H and O–H groups in total. The first-order valence-corrected chi connectivity index (χ1v) is 7.58. The number of nitrogens with zero attached hydrogens (tertiary/aromatic N) is 2. The Morgan fingerprint density at radius 1 is 1.12 bits per heavy atom. The molecule has 1 heterocycles. The first-order valence-electron chi connectivity index (χ1n) is 7.58. The Morgan fingerprint density at radius 2 is 1.81 bits per heavy atom. The van der Waals surface area contributed by atoms with Crippen molar-refractivity contribution in [3.63, 3.8) is 0 Å². The van der Waals surface area contributed by atoms with Crippen LogP contribution in [0.2, 0.25) is 0 Å². The monoisotopic (exact) mass is 361 g/mol. The van der Waals surface area contributed by atoms with Crippen molar-refractivity contribution in [2.45, 2.75) is 13.1 Å². The van der Waals surface area contributed by atoms with E-state index < -0.39 is 17.8 Å². The minimum absolute atomic E-state index is 0.0498. The lowest BCUT2D eigenvalue weighted by Gasteiger charge is -2.09. The maximum absolute atomic E-state index is 12.6. The molecule has 0 saturated heterocycles. The molecule has 0 aliphatic heterocycles. The number of carbonyl (C=O) groups is 1. The van der Waals surface area contributed by atoms with E-state index in [0.717, 1.165) is 16.3 Å². The minimum atomic E-state index is -4.51. The first kappa shape index (κ1) is 17.5. The van der Waals surface area contributed by atoms with Crippen molar-refractivity contribution >= 4 is 11.6 Å². The van der Waals surface area contributed by atoms with Crippen LogP contribution in [0.15, 0.2) is 54.7 Å². The lowest BCUT2D eigenvalue weighted by Crippen LogP contribution is -2.12. The van der Waals surface area contributed by atoms with Gasteiger partial charge in [-0.2, -0.15) is 18.3 Å². The SMILES string of the molecule is Cc1ccc(NC(=O)c2ccc(-n3ccc(C(F)(F)F)n3)cc2)c(O)c1. The molecule has 1 amide bonds. The Balaban J connectivity index is 1.76. The van der Waals surface area contributed by atoms with Gasteiger partial charge in [0.05, 0.1) is 11.4 Å². The molecule has 0 aliphatic rings. The molecule has 134 valence electrons. The summed E-state index contributed by atoms with van der Waals surface area (Å²) < 4.78 is 38.9. The number of rotatable bonds is 3. The number of nitrogens with one attached hydrogen (secondary N) is 1. The fourth-order valence-corrected chi connectivity index (χ4v) is 2.33. The summed E-state index contributed by atoms with van der Waals surface area (Å²) >= 11 is 0. The van der Waals surface area contributed by atoms with Gasteiger partial charge in [-0.1, -0.05) is 6.07 Å². The van der Waals surface area contributed by atoms with Crippen LogP contribution >= 0.6 is 0 Å². The summed E-state index contributed by atoms with van der Waals surface area (Å²) in [6, 6.07) is 11.6. The minimum Gasteiger partial charge on any atom is -0.506 e. The van der Waals surface area contributed by atoms with Crippen molar-refractivity contribution < 1.29 is 23.1 Å². The molecule has 0 atom stereocenters. The number of aromatic nitrogens is 2. The van der Waals surface area contributed by atoms with Crippen LogP contribution < -0.4 is 5.32 Å². The molecule has 3 rings (SSSR count). The molecule has 0 spiro atoms. The van der Waals surface area contributed by atoms with Gasteiger partial charge in [-0.15, -0.1) is 0 Å². The first-order chi connectivity index (χ1) is 12.2. The molecule has 2 aromatic carbocycles. The largest absolute Gasteiger partial charge is 0.506 e. The van der Waals surface area contributed by atoms with Crippen molar-refractivity contribution in [2.24, 2.45) is 0 Å². The van der Waals surface area contributed by atoms with Gasteiger partial charge >= 0.3 is 6.18 Å². The topological polar surface area (TPSA) is 67.2 Å². The number of hydrogen-bond acceptors (Lipinski definition) is 3. The number of halogens is 3. The summed E-state index contributed by atoms with van der Waals surface area (Å²) in [5.74, 6) is -0.502. The zero-order valence-corrected chi connectivity index (χ0v) is 13.6. The van der Waals surface area contributed by atoms with E-state index in [-0.39, 0.29) is 17.0 Å². The Kier molecular flexibility index (Phi) is 4.41.